The smallest absolute Gasteiger partial charge is 0.0343 e. The van der Waals surface area contributed by atoms with Gasteiger partial charge in [0.25, 0.3) is 0 Å². The fourth-order valence-electron chi connectivity index (χ4n) is 1.06. The zero-order chi connectivity index (χ0) is 8.43. The van der Waals surface area contributed by atoms with Crippen LogP contribution < -0.4 is 5.73 Å². The first-order valence-electron chi connectivity index (χ1n) is 3.61. The summed E-state index contributed by atoms with van der Waals surface area (Å²) in [6, 6.07) is 0. The Hall–Kier alpha value is 0.140. The standard InChI is InChI=1S/C8H12BrNS/c1-5-7(3-4-10)11-6(2)8(5)9/h3-4,10H2,1-2H3. The molecule has 11 heavy (non-hydrogen) atoms. The molecule has 0 spiro atoms. The third-order valence-corrected chi connectivity index (χ3v) is 4.42. The molecule has 1 aromatic rings. The van der Waals surface area contributed by atoms with Crippen molar-refractivity contribution in [2.75, 3.05) is 6.54 Å². The Labute approximate surface area is 79.7 Å². The summed E-state index contributed by atoms with van der Waals surface area (Å²) in [4.78, 5) is 2.77. The van der Waals surface area contributed by atoms with E-state index < -0.39 is 0 Å². The van der Waals surface area contributed by atoms with Gasteiger partial charge in [0.05, 0.1) is 0 Å². The van der Waals surface area contributed by atoms with Crippen LogP contribution in [0.4, 0.5) is 0 Å². The van der Waals surface area contributed by atoms with E-state index in [1.807, 2.05) is 11.3 Å². The average Bonchev–Trinajstić information content (AvgIpc) is 2.19. The second-order valence-electron chi connectivity index (χ2n) is 2.56. The molecule has 0 bridgehead atoms. The van der Waals surface area contributed by atoms with Crippen molar-refractivity contribution in [3.05, 3.63) is 19.8 Å². The Morgan fingerprint density at radius 2 is 2.09 bits per heavy atom. The molecule has 1 aromatic heterocycles. The molecule has 0 unspecified atom stereocenters. The van der Waals surface area contributed by atoms with Gasteiger partial charge >= 0.3 is 0 Å². The maximum Gasteiger partial charge on any atom is 0.0343 e. The van der Waals surface area contributed by atoms with Gasteiger partial charge in [-0.25, -0.2) is 0 Å². The Morgan fingerprint density at radius 1 is 1.45 bits per heavy atom. The largest absolute Gasteiger partial charge is 0.330 e. The van der Waals surface area contributed by atoms with E-state index in [9.17, 15) is 0 Å². The molecule has 0 saturated carbocycles. The topological polar surface area (TPSA) is 26.0 Å². The van der Waals surface area contributed by atoms with Crippen molar-refractivity contribution in [3.8, 4) is 0 Å². The van der Waals surface area contributed by atoms with Crippen LogP contribution in [0.25, 0.3) is 0 Å². The average molecular weight is 234 g/mol. The fraction of sp³-hybridized carbons (Fsp3) is 0.500. The van der Waals surface area contributed by atoms with Crippen LogP contribution in [0.1, 0.15) is 15.3 Å². The van der Waals surface area contributed by atoms with E-state index >= 15 is 0 Å². The minimum absolute atomic E-state index is 0.743. The molecule has 0 aromatic carbocycles. The minimum Gasteiger partial charge on any atom is -0.330 e. The van der Waals surface area contributed by atoms with E-state index in [0.29, 0.717) is 0 Å². The van der Waals surface area contributed by atoms with Crippen LogP contribution in [0.2, 0.25) is 0 Å². The summed E-state index contributed by atoms with van der Waals surface area (Å²) in [6.07, 6.45) is 1.00. The summed E-state index contributed by atoms with van der Waals surface area (Å²) < 4.78 is 1.26. The van der Waals surface area contributed by atoms with Crippen LogP contribution in [0.15, 0.2) is 4.47 Å². The third kappa shape index (κ3) is 1.83. The van der Waals surface area contributed by atoms with Gasteiger partial charge in [-0.15, -0.1) is 11.3 Å². The first kappa shape index (κ1) is 9.23. The van der Waals surface area contributed by atoms with Crippen molar-refractivity contribution >= 4 is 27.3 Å². The van der Waals surface area contributed by atoms with Crippen molar-refractivity contribution in [3.63, 3.8) is 0 Å². The molecule has 62 valence electrons. The monoisotopic (exact) mass is 233 g/mol. The fourth-order valence-corrected chi connectivity index (χ4v) is 2.76. The molecule has 0 aliphatic carbocycles. The van der Waals surface area contributed by atoms with E-state index in [4.69, 9.17) is 5.73 Å². The van der Waals surface area contributed by atoms with E-state index in [-0.39, 0.29) is 0 Å². The maximum absolute atomic E-state index is 5.48. The highest BCUT2D eigenvalue weighted by Crippen LogP contribution is 2.31. The van der Waals surface area contributed by atoms with Gasteiger partial charge in [0.15, 0.2) is 0 Å². The van der Waals surface area contributed by atoms with Gasteiger partial charge in [-0.3, -0.25) is 0 Å². The zero-order valence-electron chi connectivity index (χ0n) is 6.78. The van der Waals surface area contributed by atoms with Gasteiger partial charge < -0.3 is 5.73 Å². The first-order valence-corrected chi connectivity index (χ1v) is 5.22. The van der Waals surface area contributed by atoms with Gasteiger partial charge in [0.2, 0.25) is 0 Å². The number of hydrogen-bond acceptors (Lipinski definition) is 2. The zero-order valence-corrected chi connectivity index (χ0v) is 9.18. The molecule has 0 saturated heterocycles. The molecule has 3 heteroatoms. The highest BCUT2D eigenvalue weighted by molar-refractivity contribution is 9.10. The second kappa shape index (κ2) is 3.70. The Bertz CT molecular complexity index is 255. The van der Waals surface area contributed by atoms with Gasteiger partial charge in [-0.2, -0.15) is 0 Å². The molecule has 0 amide bonds. The number of halogens is 1. The van der Waals surface area contributed by atoms with Crippen LogP contribution in [-0.2, 0) is 6.42 Å². The lowest BCUT2D eigenvalue weighted by molar-refractivity contribution is 0.979. The molecule has 1 heterocycles. The van der Waals surface area contributed by atoms with Crippen LogP contribution in [-0.4, -0.2) is 6.54 Å². The summed E-state index contributed by atoms with van der Waals surface area (Å²) in [5, 5.41) is 0. The Balaban J connectivity index is 2.98. The van der Waals surface area contributed by atoms with Crippen molar-refractivity contribution in [2.45, 2.75) is 20.3 Å². The Morgan fingerprint density at radius 3 is 2.45 bits per heavy atom. The summed E-state index contributed by atoms with van der Waals surface area (Å²) in [7, 11) is 0. The SMILES string of the molecule is Cc1sc(CCN)c(C)c1Br. The lowest BCUT2D eigenvalue weighted by Crippen LogP contribution is -2.01. The summed E-state index contributed by atoms with van der Waals surface area (Å²) >= 11 is 5.38. The molecular formula is C8H12BrNS. The molecule has 1 rings (SSSR count). The van der Waals surface area contributed by atoms with E-state index in [1.54, 1.807) is 0 Å². The van der Waals surface area contributed by atoms with Gasteiger partial charge in [-0.05, 0) is 48.3 Å². The molecule has 0 atom stereocenters. The van der Waals surface area contributed by atoms with Crippen molar-refractivity contribution in [1.82, 2.24) is 0 Å². The predicted octanol–water partition coefficient (Wildman–Crippen LogP) is 2.63. The molecule has 0 radical (unpaired) electrons. The number of aryl methyl sites for hydroxylation is 1. The number of nitrogens with two attached hydrogens (primary N) is 1. The normalized spacial score (nSPS) is 10.5. The van der Waals surface area contributed by atoms with E-state index in [0.717, 1.165) is 13.0 Å². The molecule has 0 aliphatic heterocycles. The number of rotatable bonds is 2. The summed E-state index contributed by atoms with van der Waals surface area (Å²) in [6.45, 7) is 5.01. The van der Waals surface area contributed by atoms with Crippen LogP contribution >= 0.6 is 27.3 Å². The first-order chi connectivity index (χ1) is 5.16. The maximum atomic E-state index is 5.48. The lowest BCUT2D eigenvalue weighted by Gasteiger charge is -1.94. The third-order valence-electron chi connectivity index (χ3n) is 1.70. The number of thiophene rings is 1. The van der Waals surface area contributed by atoms with Gasteiger partial charge in [0, 0.05) is 14.2 Å². The van der Waals surface area contributed by atoms with Crippen LogP contribution in [0.3, 0.4) is 0 Å². The van der Waals surface area contributed by atoms with E-state index in [2.05, 4.69) is 29.8 Å². The highest BCUT2D eigenvalue weighted by atomic mass is 79.9. The molecular weight excluding hydrogens is 222 g/mol. The van der Waals surface area contributed by atoms with Gasteiger partial charge in [-0.1, -0.05) is 0 Å². The molecule has 0 aliphatic rings. The lowest BCUT2D eigenvalue weighted by atomic mass is 10.2. The van der Waals surface area contributed by atoms with Crippen LogP contribution in [0.5, 0.6) is 0 Å². The molecule has 2 N–H and O–H groups in total. The molecule has 0 fully saturated rings. The molecule has 1 nitrogen and oxygen atoms in total. The Kier molecular flexibility index (Phi) is 3.10. The van der Waals surface area contributed by atoms with Crippen LogP contribution in [0, 0.1) is 13.8 Å². The number of hydrogen-bond donors (Lipinski definition) is 1. The quantitative estimate of drug-likeness (QED) is 0.836. The predicted molar refractivity (Wildman–Crippen MR) is 54.3 cm³/mol. The van der Waals surface area contributed by atoms with Crippen molar-refractivity contribution < 1.29 is 0 Å². The van der Waals surface area contributed by atoms with Crippen molar-refractivity contribution in [2.24, 2.45) is 5.73 Å². The highest BCUT2D eigenvalue weighted by Gasteiger charge is 2.07. The minimum atomic E-state index is 0.743. The summed E-state index contributed by atoms with van der Waals surface area (Å²) in [5.74, 6) is 0. The summed E-state index contributed by atoms with van der Waals surface area (Å²) in [5.41, 5.74) is 6.84. The van der Waals surface area contributed by atoms with Gasteiger partial charge in [0.1, 0.15) is 0 Å². The van der Waals surface area contributed by atoms with Crippen molar-refractivity contribution in [1.29, 1.82) is 0 Å². The second-order valence-corrected chi connectivity index (χ2v) is 4.66. The van der Waals surface area contributed by atoms with E-state index in [1.165, 1.54) is 19.8 Å².